The van der Waals surface area contributed by atoms with Crippen molar-refractivity contribution < 1.29 is 9.47 Å². The van der Waals surface area contributed by atoms with E-state index in [4.69, 9.17) is 9.47 Å². The molecular weight excluding hydrogens is 336 g/mol. The van der Waals surface area contributed by atoms with Gasteiger partial charge in [0.05, 0.1) is 0 Å². The maximum atomic E-state index is 5.60. The molecule has 1 fully saturated rings. The molecule has 2 aromatic carbocycles. The molecule has 4 heteroatoms. The van der Waals surface area contributed by atoms with Gasteiger partial charge in [0.15, 0.2) is 6.79 Å². The van der Waals surface area contributed by atoms with Gasteiger partial charge in [0.2, 0.25) is 0 Å². The van der Waals surface area contributed by atoms with Crippen LogP contribution in [0.25, 0.3) is 0 Å². The summed E-state index contributed by atoms with van der Waals surface area (Å²) >= 11 is 0. The number of hydrogen-bond donors (Lipinski definition) is 0. The third kappa shape index (κ3) is 5.47. The van der Waals surface area contributed by atoms with Crippen molar-refractivity contribution in [1.82, 2.24) is 4.90 Å². The lowest BCUT2D eigenvalue weighted by Crippen LogP contribution is -2.57. The van der Waals surface area contributed by atoms with Gasteiger partial charge in [-0.1, -0.05) is 36.4 Å². The lowest BCUT2D eigenvalue weighted by atomic mass is 10.0. The van der Waals surface area contributed by atoms with Crippen LogP contribution >= 0.6 is 0 Å². The molecule has 0 unspecified atom stereocenters. The molecule has 27 heavy (non-hydrogen) atoms. The highest BCUT2D eigenvalue weighted by molar-refractivity contribution is 5.51. The normalized spacial score (nSPS) is 20.6. The number of rotatable bonds is 8. The van der Waals surface area contributed by atoms with E-state index >= 15 is 0 Å². The Balaban J connectivity index is 1.55. The maximum Gasteiger partial charge on any atom is 0.188 e. The predicted octanol–water partition coefficient (Wildman–Crippen LogP) is 4.20. The van der Waals surface area contributed by atoms with Crippen LogP contribution in [0.5, 0.6) is 5.75 Å². The van der Waals surface area contributed by atoms with Crippen LogP contribution in [0.15, 0.2) is 54.6 Å². The number of benzene rings is 2. The van der Waals surface area contributed by atoms with E-state index in [1.54, 1.807) is 7.11 Å². The fraction of sp³-hybridized carbons (Fsp3) is 0.478. The standard InChI is InChI=1S/C23H32N2O2/c1-19-16-24(22-12-7-13-23(15-22)27-18-26-3)17-20(2)25(19)14-8-11-21-9-5-4-6-10-21/h4-7,9-10,12-13,15,19-20H,8,11,14,16-18H2,1-3H3/t19-,20+. The lowest BCUT2D eigenvalue weighted by molar-refractivity contribution is 0.0511. The van der Waals surface area contributed by atoms with Gasteiger partial charge in [-0.2, -0.15) is 0 Å². The van der Waals surface area contributed by atoms with Crippen LogP contribution in [0.4, 0.5) is 5.69 Å². The van der Waals surface area contributed by atoms with E-state index in [1.165, 1.54) is 17.7 Å². The van der Waals surface area contributed by atoms with Crippen molar-refractivity contribution in [3.63, 3.8) is 0 Å². The van der Waals surface area contributed by atoms with E-state index in [0.29, 0.717) is 12.1 Å². The Labute approximate surface area is 163 Å². The molecule has 1 aliphatic rings. The largest absolute Gasteiger partial charge is 0.467 e. The Morgan fingerprint density at radius 3 is 2.41 bits per heavy atom. The molecule has 3 rings (SSSR count). The summed E-state index contributed by atoms with van der Waals surface area (Å²) in [4.78, 5) is 5.13. The van der Waals surface area contributed by atoms with Crippen molar-refractivity contribution in [2.45, 2.75) is 38.8 Å². The predicted molar refractivity (Wildman–Crippen MR) is 112 cm³/mol. The van der Waals surface area contributed by atoms with Crippen molar-refractivity contribution in [2.24, 2.45) is 0 Å². The van der Waals surface area contributed by atoms with Crippen molar-refractivity contribution in [2.75, 3.05) is 38.4 Å². The summed E-state index contributed by atoms with van der Waals surface area (Å²) in [7, 11) is 1.64. The fourth-order valence-corrected chi connectivity index (χ4v) is 4.02. The second kappa shape index (κ2) is 9.77. The van der Waals surface area contributed by atoms with Crippen LogP contribution < -0.4 is 9.64 Å². The second-order valence-electron chi connectivity index (χ2n) is 7.48. The molecule has 0 saturated carbocycles. The topological polar surface area (TPSA) is 24.9 Å². The molecule has 0 bridgehead atoms. The van der Waals surface area contributed by atoms with Gasteiger partial charge in [0.25, 0.3) is 0 Å². The van der Waals surface area contributed by atoms with Crippen LogP contribution in [0, 0.1) is 0 Å². The molecule has 1 aliphatic heterocycles. The minimum Gasteiger partial charge on any atom is -0.467 e. The van der Waals surface area contributed by atoms with Gasteiger partial charge in [0, 0.05) is 44.0 Å². The van der Waals surface area contributed by atoms with E-state index in [-0.39, 0.29) is 6.79 Å². The average Bonchev–Trinajstić information content (AvgIpc) is 2.69. The quantitative estimate of drug-likeness (QED) is 0.652. The summed E-state index contributed by atoms with van der Waals surface area (Å²) in [6, 6.07) is 20.2. The number of piperazine rings is 1. The highest BCUT2D eigenvalue weighted by Gasteiger charge is 2.29. The number of hydrogen-bond acceptors (Lipinski definition) is 4. The van der Waals surface area contributed by atoms with Crippen molar-refractivity contribution in [3.05, 3.63) is 60.2 Å². The summed E-state index contributed by atoms with van der Waals surface area (Å²) in [6.07, 6.45) is 2.36. The molecule has 146 valence electrons. The Hall–Kier alpha value is -2.04. The molecule has 2 aromatic rings. The lowest BCUT2D eigenvalue weighted by Gasteiger charge is -2.45. The summed E-state index contributed by atoms with van der Waals surface area (Å²) in [5.74, 6) is 0.861. The molecule has 1 heterocycles. The second-order valence-corrected chi connectivity index (χ2v) is 7.48. The molecule has 0 amide bonds. The van der Waals surface area contributed by atoms with Crippen molar-refractivity contribution >= 4 is 5.69 Å². The first-order valence-corrected chi connectivity index (χ1v) is 9.94. The number of ether oxygens (including phenoxy) is 2. The van der Waals surface area contributed by atoms with Crippen LogP contribution in [-0.4, -0.2) is 50.5 Å². The molecule has 0 aromatic heterocycles. The summed E-state index contributed by atoms with van der Waals surface area (Å²) in [5, 5.41) is 0. The molecule has 0 spiro atoms. The number of anilines is 1. The van der Waals surface area contributed by atoms with Gasteiger partial charge >= 0.3 is 0 Å². The van der Waals surface area contributed by atoms with Gasteiger partial charge < -0.3 is 14.4 Å². The highest BCUT2D eigenvalue weighted by Crippen LogP contribution is 2.26. The third-order valence-electron chi connectivity index (χ3n) is 5.35. The number of aryl methyl sites for hydroxylation is 1. The Bertz CT molecular complexity index is 680. The Morgan fingerprint density at radius 2 is 1.70 bits per heavy atom. The van der Waals surface area contributed by atoms with Crippen LogP contribution in [0.2, 0.25) is 0 Å². The van der Waals surface area contributed by atoms with Crippen LogP contribution in [-0.2, 0) is 11.2 Å². The van der Waals surface area contributed by atoms with E-state index in [2.05, 4.69) is 72.2 Å². The van der Waals surface area contributed by atoms with Gasteiger partial charge in [0.1, 0.15) is 5.75 Å². The third-order valence-corrected chi connectivity index (χ3v) is 5.35. The number of nitrogens with zero attached hydrogens (tertiary/aromatic N) is 2. The van der Waals surface area contributed by atoms with Crippen LogP contribution in [0.1, 0.15) is 25.8 Å². The Morgan fingerprint density at radius 1 is 0.963 bits per heavy atom. The van der Waals surface area contributed by atoms with Gasteiger partial charge in [-0.25, -0.2) is 0 Å². The van der Waals surface area contributed by atoms with E-state index < -0.39 is 0 Å². The molecule has 0 aliphatic carbocycles. The first-order valence-electron chi connectivity index (χ1n) is 9.94. The van der Waals surface area contributed by atoms with Gasteiger partial charge in [-0.05, 0) is 50.9 Å². The zero-order chi connectivity index (χ0) is 19.1. The van der Waals surface area contributed by atoms with Crippen molar-refractivity contribution in [1.29, 1.82) is 0 Å². The molecule has 1 saturated heterocycles. The summed E-state index contributed by atoms with van der Waals surface area (Å²) < 4.78 is 10.6. The van der Waals surface area contributed by atoms with Gasteiger partial charge in [-0.15, -0.1) is 0 Å². The fourth-order valence-electron chi connectivity index (χ4n) is 4.02. The summed E-state index contributed by atoms with van der Waals surface area (Å²) in [5.41, 5.74) is 2.66. The summed E-state index contributed by atoms with van der Waals surface area (Å²) in [6.45, 7) is 8.22. The molecule has 0 radical (unpaired) electrons. The number of methoxy groups -OCH3 is 1. The van der Waals surface area contributed by atoms with Crippen molar-refractivity contribution in [3.8, 4) is 5.75 Å². The first kappa shape index (κ1) is 19.7. The van der Waals surface area contributed by atoms with Gasteiger partial charge in [-0.3, -0.25) is 4.90 Å². The minimum absolute atomic E-state index is 0.283. The van der Waals surface area contributed by atoms with E-state index in [9.17, 15) is 0 Å². The molecule has 4 nitrogen and oxygen atoms in total. The molecular formula is C23H32N2O2. The maximum absolute atomic E-state index is 5.60. The first-order chi connectivity index (χ1) is 13.2. The zero-order valence-corrected chi connectivity index (χ0v) is 16.8. The van der Waals surface area contributed by atoms with Crippen LogP contribution in [0.3, 0.4) is 0 Å². The van der Waals surface area contributed by atoms with E-state index in [0.717, 1.165) is 31.8 Å². The monoisotopic (exact) mass is 368 g/mol. The minimum atomic E-state index is 0.283. The Kier molecular flexibility index (Phi) is 7.13. The SMILES string of the molecule is COCOc1cccc(N2C[C@@H](C)N(CCCc3ccccc3)[C@@H](C)C2)c1. The highest BCUT2D eigenvalue weighted by atomic mass is 16.7. The smallest absolute Gasteiger partial charge is 0.188 e. The molecule has 0 N–H and O–H groups in total. The zero-order valence-electron chi connectivity index (χ0n) is 16.8. The van der Waals surface area contributed by atoms with E-state index in [1.807, 2.05) is 6.07 Å². The molecule has 2 atom stereocenters. The average molecular weight is 369 g/mol.